The minimum absolute atomic E-state index is 0.137. The van der Waals surface area contributed by atoms with Gasteiger partial charge in [-0.2, -0.15) is 4.31 Å². The van der Waals surface area contributed by atoms with E-state index in [4.69, 9.17) is 15.7 Å². The fourth-order valence-corrected chi connectivity index (χ4v) is 3.15. The van der Waals surface area contributed by atoms with Crippen LogP contribution in [0, 0.1) is 0 Å². The van der Waals surface area contributed by atoms with Gasteiger partial charge in [0.2, 0.25) is 10.0 Å². The highest BCUT2D eigenvalue weighted by molar-refractivity contribution is 7.89. The molecule has 0 atom stereocenters. The molecule has 1 rings (SSSR count). The van der Waals surface area contributed by atoms with Gasteiger partial charge in [-0.3, -0.25) is 0 Å². The van der Waals surface area contributed by atoms with E-state index in [-0.39, 0.29) is 23.8 Å². The van der Waals surface area contributed by atoms with Gasteiger partial charge in [-0.25, -0.2) is 8.42 Å². The Kier molecular flexibility index (Phi) is 5.78. The highest BCUT2D eigenvalue weighted by Crippen LogP contribution is 2.19. The van der Waals surface area contributed by atoms with Crippen LogP contribution in [0.2, 0.25) is 0 Å². The first-order valence-electron chi connectivity index (χ1n) is 6.06. The van der Waals surface area contributed by atoms with Gasteiger partial charge in [0.05, 0.1) is 18.6 Å². The van der Waals surface area contributed by atoms with Gasteiger partial charge in [0.15, 0.2) is 5.84 Å². The second-order valence-corrected chi connectivity index (χ2v) is 6.04. The number of oxime groups is 1. The molecule has 0 saturated heterocycles. The molecule has 0 bridgehead atoms. The summed E-state index contributed by atoms with van der Waals surface area (Å²) in [4.78, 5) is 0.137. The Morgan fingerprint density at radius 3 is 2.45 bits per heavy atom. The van der Waals surface area contributed by atoms with Crippen LogP contribution in [0.3, 0.4) is 0 Å². The lowest BCUT2D eigenvalue weighted by atomic mass is 10.3. The number of rotatable bonds is 7. The first-order chi connectivity index (χ1) is 9.45. The maximum Gasteiger partial charge on any atom is 0.243 e. The topological polar surface area (TPSA) is 105 Å². The number of amidine groups is 1. The average molecular weight is 301 g/mol. The standard InChI is InChI=1S/C12H19N3O4S/c1-3-8-15(9-12(13)14-16)20(17,18)11-6-4-10(19-2)5-7-11/h4-7,16H,3,8-9H2,1-2H3,(H2,13,14). The molecule has 1 aromatic rings. The lowest BCUT2D eigenvalue weighted by Gasteiger charge is -2.21. The third-order valence-electron chi connectivity index (χ3n) is 2.64. The summed E-state index contributed by atoms with van der Waals surface area (Å²) < 4.78 is 31.1. The third-order valence-corrected chi connectivity index (χ3v) is 4.50. The van der Waals surface area contributed by atoms with Crippen LogP contribution in [0.25, 0.3) is 0 Å². The molecule has 0 amide bonds. The van der Waals surface area contributed by atoms with E-state index in [1.807, 2.05) is 6.92 Å². The molecule has 0 aromatic heterocycles. The summed E-state index contributed by atoms with van der Waals surface area (Å²) in [6.07, 6.45) is 0.619. The van der Waals surface area contributed by atoms with Crippen LogP contribution in [0.5, 0.6) is 5.75 Å². The molecule has 0 heterocycles. The zero-order valence-corrected chi connectivity index (χ0v) is 12.3. The van der Waals surface area contributed by atoms with Gasteiger partial charge in [-0.15, -0.1) is 0 Å². The number of nitrogens with zero attached hydrogens (tertiary/aromatic N) is 2. The van der Waals surface area contributed by atoms with Crippen molar-refractivity contribution in [1.82, 2.24) is 4.31 Å². The van der Waals surface area contributed by atoms with Crippen LogP contribution in [0.15, 0.2) is 34.3 Å². The Labute approximate surface area is 118 Å². The minimum Gasteiger partial charge on any atom is -0.497 e. The van der Waals surface area contributed by atoms with Gasteiger partial charge in [-0.1, -0.05) is 12.1 Å². The van der Waals surface area contributed by atoms with Crippen LogP contribution >= 0.6 is 0 Å². The molecule has 0 spiro atoms. The van der Waals surface area contributed by atoms with Gasteiger partial charge in [0.25, 0.3) is 0 Å². The Bertz CT molecular complexity index is 555. The van der Waals surface area contributed by atoms with E-state index >= 15 is 0 Å². The van der Waals surface area contributed by atoms with Crippen molar-refractivity contribution >= 4 is 15.9 Å². The largest absolute Gasteiger partial charge is 0.497 e. The molecular weight excluding hydrogens is 282 g/mol. The number of hydrogen-bond acceptors (Lipinski definition) is 5. The van der Waals surface area contributed by atoms with Crippen LogP contribution in [-0.4, -0.2) is 44.0 Å². The van der Waals surface area contributed by atoms with E-state index < -0.39 is 10.0 Å². The lowest BCUT2D eigenvalue weighted by molar-refractivity contribution is 0.314. The van der Waals surface area contributed by atoms with Crippen molar-refractivity contribution in [2.75, 3.05) is 20.2 Å². The number of methoxy groups -OCH3 is 1. The van der Waals surface area contributed by atoms with Crippen molar-refractivity contribution in [2.45, 2.75) is 18.2 Å². The molecule has 112 valence electrons. The van der Waals surface area contributed by atoms with Crippen molar-refractivity contribution in [1.29, 1.82) is 0 Å². The number of hydrogen-bond donors (Lipinski definition) is 2. The fourth-order valence-electron chi connectivity index (χ4n) is 1.64. The summed E-state index contributed by atoms with van der Waals surface area (Å²) in [6.45, 7) is 1.98. The van der Waals surface area contributed by atoms with Crippen LogP contribution in [0.1, 0.15) is 13.3 Å². The quantitative estimate of drug-likeness (QED) is 0.336. The third kappa shape index (κ3) is 3.84. The maximum atomic E-state index is 12.5. The van der Waals surface area contributed by atoms with Crippen molar-refractivity contribution in [3.8, 4) is 5.75 Å². The molecule has 1 aromatic carbocycles. The molecule has 0 aliphatic rings. The van der Waals surface area contributed by atoms with Crippen molar-refractivity contribution in [3.63, 3.8) is 0 Å². The van der Waals surface area contributed by atoms with Crippen molar-refractivity contribution in [3.05, 3.63) is 24.3 Å². The predicted molar refractivity (Wildman–Crippen MR) is 75.5 cm³/mol. The second-order valence-electron chi connectivity index (χ2n) is 4.11. The summed E-state index contributed by atoms with van der Waals surface area (Å²) in [6, 6.07) is 6.06. The Morgan fingerprint density at radius 2 is 2.00 bits per heavy atom. The smallest absolute Gasteiger partial charge is 0.243 e. The zero-order valence-electron chi connectivity index (χ0n) is 11.5. The van der Waals surface area contributed by atoms with Gasteiger partial charge < -0.3 is 15.7 Å². The molecule has 0 unspecified atom stereocenters. The molecule has 7 nitrogen and oxygen atoms in total. The molecule has 0 aliphatic heterocycles. The van der Waals surface area contributed by atoms with Crippen molar-refractivity contribution < 1.29 is 18.4 Å². The molecular formula is C12H19N3O4S. The molecule has 0 fully saturated rings. The fraction of sp³-hybridized carbons (Fsp3) is 0.417. The molecule has 0 saturated carbocycles. The van der Waals surface area contributed by atoms with Gasteiger partial charge >= 0.3 is 0 Å². The molecule has 8 heteroatoms. The first-order valence-corrected chi connectivity index (χ1v) is 7.50. The Hall–Kier alpha value is -1.80. The van der Waals surface area contributed by atoms with E-state index in [1.165, 1.54) is 23.5 Å². The van der Waals surface area contributed by atoms with Crippen LogP contribution < -0.4 is 10.5 Å². The summed E-state index contributed by atoms with van der Waals surface area (Å²) in [5, 5.41) is 11.4. The van der Waals surface area contributed by atoms with Crippen LogP contribution in [0.4, 0.5) is 0 Å². The monoisotopic (exact) mass is 301 g/mol. The van der Waals surface area contributed by atoms with Crippen molar-refractivity contribution in [2.24, 2.45) is 10.9 Å². The number of benzene rings is 1. The summed E-state index contributed by atoms with van der Waals surface area (Å²) in [7, 11) is -2.18. The molecule has 0 aliphatic carbocycles. The van der Waals surface area contributed by atoms with Gasteiger partial charge in [0.1, 0.15) is 5.75 Å². The molecule has 3 N–H and O–H groups in total. The first kappa shape index (κ1) is 16.3. The van der Waals surface area contributed by atoms with Crippen LogP contribution in [-0.2, 0) is 10.0 Å². The number of sulfonamides is 1. The molecule has 20 heavy (non-hydrogen) atoms. The SMILES string of the molecule is CCCN(CC(N)=NO)S(=O)(=O)c1ccc(OC)cc1. The average Bonchev–Trinajstić information content (AvgIpc) is 2.46. The van der Waals surface area contributed by atoms with E-state index in [2.05, 4.69) is 5.16 Å². The highest BCUT2D eigenvalue weighted by atomic mass is 32.2. The van der Waals surface area contributed by atoms with Gasteiger partial charge in [-0.05, 0) is 30.7 Å². The summed E-state index contributed by atoms with van der Waals surface area (Å²) >= 11 is 0. The molecule has 0 radical (unpaired) electrons. The van der Waals surface area contributed by atoms with Gasteiger partial charge in [0, 0.05) is 6.54 Å². The predicted octanol–water partition coefficient (Wildman–Crippen LogP) is 0.842. The Morgan fingerprint density at radius 1 is 1.40 bits per heavy atom. The highest BCUT2D eigenvalue weighted by Gasteiger charge is 2.24. The van der Waals surface area contributed by atoms with E-state index in [0.717, 1.165) is 0 Å². The minimum atomic E-state index is -3.69. The second kappa shape index (κ2) is 7.11. The Balaban J connectivity index is 3.08. The summed E-state index contributed by atoms with van der Waals surface area (Å²) in [5.41, 5.74) is 5.40. The number of ether oxygens (including phenoxy) is 1. The summed E-state index contributed by atoms with van der Waals surface area (Å²) in [5.74, 6) is 0.415. The van der Waals surface area contributed by atoms with E-state index in [0.29, 0.717) is 12.2 Å². The number of nitrogens with two attached hydrogens (primary N) is 1. The zero-order chi connectivity index (χ0) is 15.2. The maximum absolute atomic E-state index is 12.5. The van der Waals surface area contributed by atoms with E-state index in [9.17, 15) is 8.42 Å². The lowest BCUT2D eigenvalue weighted by Crippen LogP contribution is -2.39. The van der Waals surface area contributed by atoms with E-state index in [1.54, 1.807) is 12.1 Å². The normalized spacial score (nSPS) is 12.7.